The normalized spacial score (nSPS) is 11.7. The molecule has 3 rings (SSSR count). The van der Waals surface area contributed by atoms with Gasteiger partial charge in [-0.1, -0.05) is 39.0 Å². The number of aromatic nitrogens is 1. The van der Waals surface area contributed by atoms with Crippen LogP contribution < -0.4 is 0 Å². The van der Waals surface area contributed by atoms with Crippen LogP contribution in [0, 0.1) is 0 Å². The molecule has 0 spiro atoms. The quantitative estimate of drug-likeness (QED) is 0.622. The number of thioether (sulfide) groups is 1. The minimum absolute atomic E-state index is 0.0454. The van der Waals surface area contributed by atoms with Crippen molar-refractivity contribution in [3.05, 3.63) is 59.7 Å². The first kappa shape index (κ1) is 17.5. The molecule has 0 atom stereocenters. The number of carbonyl (C=O) groups is 1. The number of rotatable bonds is 3. The highest BCUT2D eigenvalue weighted by Crippen LogP contribution is 2.30. The lowest BCUT2D eigenvalue weighted by molar-refractivity contribution is 0.0699. The topological polar surface area (TPSA) is 50.2 Å². The maximum atomic E-state index is 11.8. The fourth-order valence-electron chi connectivity index (χ4n) is 2.78. The van der Waals surface area contributed by atoms with Gasteiger partial charge in [-0.2, -0.15) is 0 Å². The molecule has 1 heterocycles. The molecule has 4 heteroatoms. The molecule has 25 heavy (non-hydrogen) atoms. The van der Waals surface area contributed by atoms with Gasteiger partial charge in [-0.05, 0) is 47.6 Å². The third-order valence-corrected chi connectivity index (χ3v) is 5.03. The van der Waals surface area contributed by atoms with Crippen LogP contribution in [0.4, 0.5) is 0 Å². The minimum Gasteiger partial charge on any atom is -0.478 e. The molecule has 3 nitrogen and oxygen atoms in total. The second-order valence-electron chi connectivity index (χ2n) is 7.07. The van der Waals surface area contributed by atoms with E-state index in [2.05, 4.69) is 20.8 Å². The molecular weight excluding hydrogens is 330 g/mol. The zero-order valence-corrected chi connectivity index (χ0v) is 15.6. The van der Waals surface area contributed by atoms with Crippen molar-refractivity contribution >= 4 is 28.6 Å². The lowest BCUT2D eigenvalue weighted by Gasteiger charge is -2.20. The molecule has 0 aliphatic rings. The first-order chi connectivity index (χ1) is 11.8. The maximum Gasteiger partial charge on any atom is 0.336 e. The molecule has 2 aromatic carbocycles. The van der Waals surface area contributed by atoms with Crippen molar-refractivity contribution in [3.63, 3.8) is 0 Å². The van der Waals surface area contributed by atoms with Gasteiger partial charge in [0.15, 0.2) is 0 Å². The highest BCUT2D eigenvalue weighted by Gasteiger charge is 2.18. The van der Waals surface area contributed by atoms with Crippen molar-refractivity contribution in [3.8, 4) is 11.3 Å². The Morgan fingerprint density at radius 2 is 1.72 bits per heavy atom. The van der Waals surface area contributed by atoms with E-state index in [1.807, 2.05) is 48.7 Å². The lowest BCUT2D eigenvalue weighted by atomic mass is 9.86. The highest BCUT2D eigenvalue weighted by atomic mass is 32.2. The van der Waals surface area contributed by atoms with E-state index in [1.54, 1.807) is 17.8 Å². The Balaban J connectivity index is 2.21. The van der Waals surface area contributed by atoms with Gasteiger partial charge in [-0.25, -0.2) is 9.78 Å². The molecular formula is C21H21NO2S. The van der Waals surface area contributed by atoms with Crippen LogP contribution in [0.5, 0.6) is 0 Å². The number of hydrogen-bond acceptors (Lipinski definition) is 3. The molecule has 0 radical (unpaired) electrons. The van der Waals surface area contributed by atoms with Crippen LogP contribution in [0.25, 0.3) is 22.2 Å². The van der Waals surface area contributed by atoms with Gasteiger partial charge in [0.05, 0.1) is 16.8 Å². The number of benzene rings is 2. The summed E-state index contributed by atoms with van der Waals surface area (Å²) in [6, 6.07) is 15.6. The molecule has 1 N–H and O–H groups in total. The largest absolute Gasteiger partial charge is 0.478 e. The molecule has 0 aliphatic carbocycles. The number of hydrogen-bond donors (Lipinski definition) is 1. The fourth-order valence-corrected chi connectivity index (χ4v) is 3.19. The van der Waals surface area contributed by atoms with E-state index in [0.29, 0.717) is 22.2 Å². The van der Waals surface area contributed by atoms with Crippen molar-refractivity contribution in [1.29, 1.82) is 0 Å². The summed E-state index contributed by atoms with van der Waals surface area (Å²) in [6.07, 6.45) is 2.03. The Bertz CT molecular complexity index is 941. The summed E-state index contributed by atoms with van der Waals surface area (Å²) >= 11 is 1.67. The zero-order valence-electron chi connectivity index (χ0n) is 14.8. The Kier molecular flexibility index (Phi) is 4.56. The SMILES string of the molecule is CSc1ccc(-c2cc(C(=O)O)c3cc(C(C)(C)C)ccc3n2)cc1. The molecule has 0 amide bonds. The van der Waals surface area contributed by atoms with Gasteiger partial charge < -0.3 is 5.11 Å². The van der Waals surface area contributed by atoms with Crippen molar-refractivity contribution in [2.24, 2.45) is 0 Å². The molecule has 0 fully saturated rings. The van der Waals surface area contributed by atoms with E-state index in [9.17, 15) is 9.90 Å². The summed E-state index contributed by atoms with van der Waals surface area (Å²) in [5.74, 6) is -0.930. The Hall–Kier alpha value is -2.33. The van der Waals surface area contributed by atoms with E-state index in [0.717, 1.165) is 16.0 Å². The molecule has 3 aromatic rings. The lowest BCUT2D eigenvalue weighted by Crippen LogP contribution is -2.11. The fraction of sp³-hybridized carbons (Fsp3) is 0.238. The number of aromatic carboxylic acids is 1. The van der Waals surface area contributed by atoms with Crippen molar-refractivity contribution < 1.29 is 9.90 Å². The van der Waals surface area contributed by atoms with E-state index in [4.69, 9.17) is 4.98 Å². The molecule has 0 unspecified atom stereocenters. The minimum atomic E-state index is -0.930. The summed E-state index contributed by atoms with van der Waals surface area (Å²) in [6.45, 7) is 6.34. The summed E-state index contributed by atoms with van der Waals surface area (Å²) in [5, 5.41) is 10.4. The predicted octanol–water partition coefficient (Wildman–Crippen LogP) is 5.62. The molecule has 0 aliphatic heterocycles. The second-order valence-corrected chi connectivity index (χ2v) is 7.95. The predicted molar refractivity (Wildman–Crippen MR) is 105 cm³/mol. The van der Waals surface area contributed by atoms with Crippen LogP contribution >= 0.6 is 11.8 Å². The standard InChI is InChI=1S/C21H21NO2S/c1-21(2,3)14-7-10-18-16(11-14)17(20(23)24)12-19(22-18)13-5-8-15(25-4)9-6-13/h5-12H,1-4H3,(H,23,24). The smallest absolute Gasteiger partial charge is 0.336 e. The molecule has 128 valence electrons. The summed E-state index contributed by atoms with van der Waals surface area (Å²) in [7, 11) is 0. The Morgan fingerprint density at radius 1 is 1.04 bits per heavy atom. The Labute approximate surface area is 152 Å². The van der Waals surface area contributed by atoms with Gasteiger partial charge >= 0.3 is 5.97 Å². The van der Waals surface area contributed by atoms with E-state index >= 15 is 0 Å². The van der Waals surface area contributed by atoms with Gasteiger partial charge in [0.2, 0.25) is 0 Å². The molecule has 0 saturated heterocycles. The van der Waals surface area contributed by atoms with Crippen LogP contribution in [0.2, 0.25) is 0 Å². The summed E-state index contributed by atoms with van der Waals surface area (Å²) < 4.78 is 0. The summed E-state index contributed by atoms with van der Waals surface area (Å²) in [4.78, 5) is 17.7. The average Bonchev–Trinajstić information content (AvgIpc) is 2.59. The highest BCUT2D eigenvalue weighted by molar-refractivity contribution is 7.98. The third-order valence-electron chi connectivity index (χ3n) is 4.29. The van der Waals surface area contributed by atoms with Gasteiger partial charge in [0.1, 0.15) is 0 Å². The van der Waals surface area contributed by atoms with E-state index in [-0.39, 0.29) is 5.41 Å². The van der Waals surface area contributed by atoms with Gasteiger partial charge in [0, 0.05) is 15.8 Å². The van der Waals surface area contributed by atoms with E-state index in [1.165, 1.54) is 0 Å². The van der Waals surface area contributed by atoms with Crippen LogP contribution in [0.3, 0.4) is 0 Å². The van der Waals surface area contributed by atoms with Gasteiger partial charge in [-0.3, -0.25) is 0 Å². The number of pyridine rings is 1. The molecule has 0 saturated carbocycles. The van der Waals surface area contributed by atoms with Gasteiger partial charge in [-0.15, -0.1) is 11.8 Å². The van der Waals surface area contributed by atoms with E-state index < -0.39 is 5.97 Å². The average molecular weight is 351 g/mol. The Morgan fingerprint density at radius 3 is 2.28 bits per heavy atom. The molecule has 0 bridgehead atoms. The first-order valence-electron chi connectivity index (χ1n) is 8.12. The zero-order chi connectivity index (χ0) is 18.2. The van der Waals surface area contributed by atoms with Crippen molar-refractivity contribution in [2.75, 3.05) is 6.26 Å². The summed E-state index contributed by atoms with van der Waals surface area (Å²) in [5.41, 5.74) is 3.65. The van der Waals surface area contributed by atoms with Crippen molar-refractivity contribution in [1.82, 2.24) is 4.98 Å². The second kappa shape index (κ2) is 6.52. The van der Waals surface area contributed by atoms with Crippen LogP contribution in [0.15, 0.2) is 53.4 Å². The number of fused-ring (bicyclic) bond motifs is 1. The van der Waals surface area contributed by atoms with Gasteiger partial charge in [0.25, 0.3) is 0 Å². The third kappa shape index (κ3) is 3.54. The van der Waals surface area contributed by atoms with Crippen LogP contribution in [0.1, 0.15) is 36.7 Å². The monoisotopic (exact) mass is 351 g/mol. The number of carboxylic acids is 1. The van der Waals surface area contributed by atoms with Crippen molar-refractivity contribution in [2.45, 2.75) is 31.1 Å². The van der Waals surface area contributed by atoms with Crippen LogP contribution in [-0.4, -0.2) is 22.3 Å². The number of nitrogens with zero attached hydrogens (tertiary/aromatic N) is 1. The maximum absolute atomic E-state index is 11.8. The number of carboxylic acid groups (broad SMARTS) is 1. The first-order valence-corrected chi connectivity index (χ1v) is 9.35. The molecule has 1 aromatic heterocycles. The van der Waals surface area contributed by atoms with Crippen LogP contribution in [-0.2, 0) is 5.41 Å².